The van der Waals surface area contributed by atoms with Crippen LogP contribution in [0.4, 0.5) is 4.39 Å². The smallest absolute Gasteiger partial charge is 0.154 e. The van der Waals surface area contributed by atoms with Crippen LogP contribution in [-0.4, -0.2) is 22.4 Å². The molecule has 0 aliphatic carbocycles. The first-order chi connectivity index (χ1) is 6.76. The largest absolute Gasteiger partial charge is 0.244 e. The van der Waals surface area contributed by atoms with Gasteiger partial charge < -0.3 is 0 Å². The highest BCUT2D eigenvalue weighted by Crippen LogP contribution is 2.14. The Balaban J connectivity index is 2.74. The first kappa shape index (κ1) is 9.46. The highest BCUT2D eigenvalue weighted by molar-refractivity contribution is 6.29. The van der Waals surface area contributed by atoms with E-state index in [-0.39, 0.29) is 0 Å². The van der Waals surface area contributed by atoms with Gasteiger partial charge in [-0.3, -0.25) is 0 Å². The van der Waals surface area contributed by atoms with Crippen LogP contribution in [-0.2, 0) is 13.0 Å². The van der Waals surface area contributed by atoms with E-state index >= 15 is 0 Å². The number of halogens is 2. The summed E-state index contributed by atoms with van der Waals surface area (Å²) in [5, 5.41) is 4.45. The van der Waals surface area contributed by atoms with Gasteiger partial charge in [0, 0.05) is 0 Å². The molecule has 14 heavy (non-hydrogen) atoms. The molecule has 0 unspecified atom stereocenters. The Labute approximate surface area is 86.3 Å². The minimum absolute atomic E-state index is 0.384. The summed E-state index contributed by atoms with van der Waals surface area (Å²) in [7, 11) is 1.94. The van der Waals surface area contributed by atoms with Gasteiger partial charge in [-0.2, -0.15) is 5.10 Å². The molecule has 2 aromatic rings. The molecule has 0 bridgehead atoms. The van der Waals surface area contributed by atoms with Gasteiger partial charge >= 0.3 is 0 Å². The van der Waals surface area contributed by atoms with Crippen molar-refractivity contribution in [1.82, 2.24) is 14.6 Å². The third kappa shape index (κ3) is 1.37. The van der Waals surface area contributed by atoms with Gasteiger partial charge in [-0.1, -0.05) is 11.6 Å². The minimum atomic E-state index is -0.565. The number of aromatic nitrogens is 3. The van der Waals surface area contributed by atoms with E-state index in [2.05, 4.69) is 10.1 Å². The number of hydrogen-bond donors (Lipinski definition) is 0. The zero-order valence-corrected chi connectivity index (χ0v) is 8.42. The highest BCUT2D eigenvalue weighted by atomic mass is 35.5. The van der Waals surface area contributed by atoms with Crippen LogP contribution in [0.25, 0.3) is 5.65 Å². The lowest BCUT2D eigenvalue weighted by Crippen LogP contribution is -1.99. The summed E-state index contributed by atoms with van der Waals surface area (Å²) >= 11 is 5.75. The highest BCUT2D eigenvalue weighted by Gasteiger charge is 2.10. The summed E-state index contributed by atoms with van der Waals surface area (Å²) in [6.45, 7) is -0.565. The predicted molar refractivity (Wildman–Crippen MR) is 55.1 cm³/mol. The van der Waals surface area contributed by atoms with Crippen molar-refractivity contribution in [2.24, 2.45) is 0 Å². The van der Waals surface area contributed by atoms with Crippen molar-refractivity contribution in [1.29, 1.82) is 0 Å². The molecule has 0 aliphatic rings. The second-order valence-corrected chi connectivity index (χ2v) is 3.31. The van der Waals surface area contributed by atoms with Gasteiger partial charge in [0.05, 0.1) is 11.4 Å². The Hall–Kier alpha value is -1.10. The van der Waals surface area contributed by atoms with Gasteiger partial charge in [-0.25, -0.2) is 13.9 Å². The zero-order chi connectivity index (χ0) is 10.1. The van der Waals surface area contributed by atoms with Crippen LogP contribution in [0.15, 0.2) is 12.1 Å². The second-order valence-electron chi connectivity index (χ2n) is 2.92. The Morgan fingerprint density at radius 2 is 2.29 bits per heavy atom. The average molecular weight is 211 g/mol. The van der Waals surface area contributed by atoms with Gasteiger partial charge in [-0.05, 0) is 18.5 Å². The van der Waals surface area contributed by atoms with E-state index in [0.717, 1.165) is 5.69 Å². The fourth-order valence-electron chi connectivity index (χ4n) is 1.46. The lowest BCUT2D eigenvalue weighted by atomic mass is 10.0. The van der Waals surface area contributed by atoms with Crippen molar-refractivity contribution in [2.45, 2.75) is 13.0 Å². The maximum atomic E-state index is 12.6. The van der Waals surface area contributed by atoms with Crippen LogP contribution in [0.2, 0.25) is 5.15 Å². The van der Waals surface area contributed by atoms with E-state index in [1.807, 2.05) is 7.85 Å². The second kappa shape index (κ2) is 3.57. The molecule has 0 saturated carbocycles. The van der Waals surface area contributed by atoms with Crippen molar-refractivity contribution in [2.75, 3.05) is 0 Å². The zero-order valence-electron chi connectivity index (χ0n) is 7.67. The normalized spacial score (nSPS) is 11.0. The van der Waals surface area contributed by atoms with Crippen LogP contribution in [0.1, 0.15) is 11.4 Å². The van der Waals surface area contributed by atoms with Crippen LogP contribution in [0.3, 0.4) is 0 Å². The molecule has 2 heterocycles. The van der Waals surface area contributed by atoms with Crippen molar-refractivity contribution in [3.8, 4) is 0 Å². The Morgan fingerprint density at radius 1 is 1.50 bits per heavy atom. The summed E-state index contributed by atoms with van der Waals surface area (Å²) in [5.74, 6) is 0. The number of imidazole rings is 1. The molecule has 72 valence electrons. The Kier molecular flexibility index (Phi) is 2.41. The lowest BCUT2D eigenvalue weighted by molar-refractivity contribution is 0.475. The summed E-state index contributed by atoms with van der Waals surface area (Å²) in [6, 6.07) is 3.37. The molecule has 6 heteroatoms. The van der Waals surface area contributed by atoms with Crippen LogP contribution in [0, 0.1) is 0 Å². The summed E-state index contributed by atoms with van der Waals surface area (Å²) in [5.41, 5.74) is 1.87. The molecule has 0 atom stereocenters. The third-order valence-corrected chi connectivity index (χ3v) is 2.28. The van der Waals surface area contributed by atoms with Crippen molar-refractivity contribution in [3.63, 3.8) is 0 Å². The molecule has 2 aromatic heterocycles. The van der Waals surface area contributed by atoms with E-state index in [0.29, 0.717) is 22.8 Å². The maximum absolute atomic E-state index is 12.6. The summed E-state index contributed by atoms with van der Waals surface area (Å²) in [4.78, 5) is 4.11. The van der Waals surface area contributed by atoms with Gasteiger partial charge in [0.25, 0.3) is 0 Å². The molecule has 3 nitrogen and oxygen atoms in total. The Morgan fingerprint density at radius 3 is 2.93 bits per heavy atom. The number of rotatable bonds is 2. The quantitative estimate of drug-likeness (QED) is 0.694. The number of fused-ring (bicyclic) bond motifs is 1. The van der Waals surface area contributed by atoms with Crippen LogP contribution >= 0.6 is 11.6 Å². The fourth-order valence-corrected chi connectivity index (χ4v) is 1.60. The molecule has 0 fully saturated rings. The molecule has 0 saturated heterocycles. The topological polar surface area (TPSA) is 30.2 Å². The van der Waals surface area contributed by atoms with Gasteiger partial charge in [-0.15, -0.1) is 0 Å². The van der Waals surface area contributed by atoms with E-state index < -0.39 is 6.67 Å². The van der Waals surface area contributed by atoms with E-state index in [4.69, 9.17) is 11.6 Å². The molecule has 0 radical (unpaired) electrons. The fraction of sp³-hybridized carbons (Fsp3) is 0.250. The summed E-state index contributed by atoms with van der Waals surface area (Å²) < 4.78 is 14.2. The molecule has 2 rings (SSSR count). The van der Waals surface area contributed by atoms with Crippen molar-refractivity contribution >= 4 is 25.1 Å². The van der Waals surface area contributed by atoms with Crippen LogP contribution in [0.5, 0.6) is 0 Å². The lowest BCUT2D eigenvalue weighted by Gasteiger charge is -1.97. The molecular formula is C8H8BClFN3. The number of hydrogen-bond acceptors (Lipinski definition) is 2. The van der Waals surface area contributed by atoms with Gasteiger partial charge in [0.1, 0.15) is 19.7 Å². The molecule has 0 spiro atoms. The van der Waals surface area contributed by atoms with Gasteiger partial charge in [0.15, 0.2) is 5.65 Å². The first-order valence-electron chi connectivity index (χ1n) is 4.35. The SMILES string of the molecule is BCc1c(CF)nc2ccc(Cl)nn12. The van der Waals surface area contributed by atoms with E-state index in [1.54, 1.807) is 16.6 Å². The summed E-state index contributed by atoms with van der Waals surface area (Å²) in [6.07, 6.45) is 0.688. The third-order valence-electron chi connectivity index (χ3n) is 2.08. The number of alkyl halides is 1. The molecule has 0 amide bonds. The minimum Gasteiger partial charge on any atom is -0.244 e. The van der Waals surface area contributed by atoms with Crippen molar-refractivity contribution < 1.29 is 4.39 Å². The van der Waals surface area contributed by atoms with Crippen LogP contribution < -0.4 is 0 Å². The number of nitrogens with zero attached hydrogens (tertiary/aromatic N) is 3. The Bertz CT molecular complexity index is 471. The first-order valence-corrected chi connectivity index (χ1v) is 4.73. The average Bonchev–Trinajstić information content (AvgIpc) is 2.54. The molecular weight excluding hydrogens is 203 g/mol. The van der Waals surface area contributed by atoms with Gasteiger partial charge in [0.2, 0.25) is 0 Å². The van der Waals surface area contributed by atoms with Crippen molar-refractivity contribution in [3.05, 3.63) is 28.7 Å². The van der Waals surface area contributed by atoms with E-state index in [9.17, 15) is 4.39 Å². The molecule has 0 aromatic carbocycles. The monoisotopic (exact) mass is 211 g/mol. The predicted octanol–water partition coefficient (Wildman–Crippen LogP) is 0.985. The molecule has 0 N–H and O–H groups in total. The molecule has 0 aliphatic heterocycles. The van der Waals surface area contributed by atoms with E-state index in [1.165, 1.54) is 0 Å². The standard InChI is InChI=1S/C8H8BClFN3/c9-3-6-5(4-11)12-8-2-1-7(10)13-14(6)8/h1-2H,3-4,9H2. The maximum Gasteiger partial charge on any atom is 0.154 e.